The maximum Gasteiger partial charge on any atom is 0.502 e. The molecule has 2 heterocycles. The Morgan fingerprint density at radius 1 is 1.22 bits per heavy atom. The summed E-state index contributed by atoms with van der Waals surface area (Å²) in [5.41, 5.74) is -0.580. The van der Waals surface area contributed by atoms with Crippen LogP contribution in [0, 0.1) is 6.92 Å². The van der Waals surface area contributed by atoms with Crippen molar-refractivity contribution in [2.75, 3.05) is 0 Å². The van der Waals surface area contributed by atoms with Crippen molar-refractivity contribution in [1.82, 2.24) is 9.55 Å². The highest BCUT2D eigenvalue weighted by Gasteiger charge is 2.52. The molecule has 0 bridgehead atoms. The van der Waals surface area contributed by atoms with E-state index in [-0.39, 0.29) is 5.56 Å². The van der Waals surface area contributed by atoms with Gasteiger partial charge < -0.3 is 13.9 Å². The third-order valence-electron chi connectivity index (χ3n) is 3.93. The molecule has 0 unspecified atom stereocenters. The number of rotatable bonds is 1. The largest absolute Gasteiger partial charge is 0.502 e. The third kappa shape index (κ3) is 1.89. The molecule has 98 valence electrons. The Hall–Kier alpha value is -1.14. The molecule has 0 saturated carbocycles. The molecule has 0 aliphatic carbocycles. The van der Waals surface area contributed by atoms with Crippen LogP contribution in [0.3, 0.4) is 0 Å². The molecule has 1 aromatic heterocycles. The molecular formula is C12H19BN2O3. The van der Waals surface area contributed by atoms with Crippen LogP contribution in [0.1, 0.15) is 33.5 Å². The second-order valence-electron chi connectivity index (χ2n) is 5.71. The summed E-state index contributed by atoms with van der Waals surface area (Å²) in [6.07, 6.45) is 1.54. The van der Waals surface area contributed by atoms with Gasteiger partial charge in [-0.1, -0.05) is 0 Å². The Morgan fingerprint density at radius 2 is 1.72 bits per heavy atom. The van der Waals surface area contributed by atoms with Crippen LogP contribution in [0.2, 0.25) is 0 Å². The first-order chi connectivity index (χ1) is 8.16. The zero-order valence-corrected chi connectivity index (χ0v) is 11.8. The van der Waals surface area contributed by atoms with Crippen LogP contribution in [-0.2, 0) is 16.4 Å². The van der Waals surface area contributed by atoms with Crippen molar-refractivity contribution in [3.8, 4) is 0 Å². The van der Waals surface area contributed by atoms with E-state index in [9.17, 15) is 4.79 Å². The standard InChI is InChI=1S/C12H19BN2O3/c1-8-14-7-9(10(16)15(8)6)13-17-11(2,3)12(4,5)18-13/h7H,1-6H3. The second kappa shape index (κ2) is 3.93. The lowest BCUT2D eigenvalue weighted by Crippen LogP contribution is -2.47. The Bertz CT molecular complexity index is 521. The molecule has 1 aliphatic heterocycles. The van der Waals surface area contributed by atoms with E-state index in [1.807, 2.05) is 27.7 Å². The van der Waals surface area contributed by atoms with Crippen molar-refractivity contribution < 1.29 is 9.31 Å². The molecule has 1 aliphatic rings. The van der Waals surface area contributed by atoms with Gasteiger partial charge in [-0.15, -0.1) is 0 Å². The fourth-order valence-corrected chi connectivity index (χ4v) is 1.78. The number of hydrogen-bond acceptors (Lipinski definition) is 4. The van der Waals surface area contributed by atoms with Crippen molar-refractivity contribution in [2.24, 2.45) is 7.05 Å². The molecule has 0 amide bonds. The van der Waals surface area contributed by atoms with Crippen LogP contribution < -0.4 is 11.0 Å². The first kappa shape index (κ1) is 13.3. The van der Waals surface area contributed by atoms with E-state index in [0.717, 1.165) is 0 Å². The summed E-state index contributed by atoms with van der Waals surface area (Å²) in [5.74, 6) is 0.667. The van der Waals surface area contributed by atoms with E-state index < -0.39 is 18.3 Å². The summed E-state index contributed by atoms with van der Waals surface area (Å²) < 4.78 is 13.2. The molecular weight excluding hydrogens is 231 g/mol. The van der Waals surface area contributed by atoms with Gasteiger partial charge in [-0.25, -0.2) is 4.98 Å². The molecule has 1 fully saturated rings. The molecule has 0 spiro atoms. The van der Waals surface area contributed by atoms with Crippen LogP contribution in [0.15, 0.2) is 11.0 Å². The van der Waals surface area contributed by atoms with E-state index in [4.69, 9.17) is 9.31 Å². The summed E-state index contributed by atoms with van der Waals surface area (Å²) in [6, 6.07) is 0. The summed E-state index contributed by atoms with van der Waals surface area (Å²) >= 11 is 0. The summed E-state index contributed by atoms with van der Waals surface area (Å²) in [7, 11) is 1.04. The Balaban J connectivity index is 2.42. The van der Waals surface area contributed by atoms with Crippen LogP contribution in [-0.4, -0.2) is 27.9 Å². The van der Waals surface area contributed by atoms with E-state index in [1.165, 1.54) is 4.57 Å². The lowest BCUT2D eigenvalue weighted by atomic mass is 9.81. The van der Waals surface area contributed by atoms with Gasteiger partial charge in [-0.3, -0.25) is 4.79 Å². The minimum Gasteiger partial charge on any atom is -0.399 e. The number of nitrogens with zero attached hydrogens (tertiary/aromatic N) is 2. The Labute approximate surface area is 107 Å². The molecule has 0 N–H and O–H groups in total. The highest BCUT2D eigenvalue weighted by atomic mass is 16.7. The van der Waals surface area contributed by atoms with Crippen molar-refractivity contribution >= 4 is 12.6 Å². The van der Waals surface area contributed by atoms with E-state index in [0.29, 0.717) is 11.3 Å². The predicted octanol–water partition coefficient (Wildman–Crippen LogP) is 0.388. The fraction of sp³-hybridized carbons (Fsp3) is 0.667. The molecule has 18 heavy (non-hydrogen) atoms. The zero-order chi connectivity index (χ0) is 13.7. The van der Waals surface area contributed by atoms with Gasteiger partial charge in [0.1, 0.15) is 5.82 Å². The quantitative estimate of drug-likeness (QED) is 0.676. The van der Waals surface area contributed by atoms with Gasteiger partial charge >= 0.3 is 7.12 Å². The molecule has 0 aromatic carbocycles. The molecule has 2 rings (SSSR count). The molecule has 5 nitrogen and oxygen atoms in total. The van der Waals surface area contributed by atoms with E-state index in [2.05, 4.69) is 4.98 Å². The lowest BCUT2D eigenvalue weighted by molar-refractivity contribution is 0.00578. The van der Waals surface area contributed by atoms with Crippen molar-refractivity contribution in [3.63, 3.8) is 0 Å². The number of aryl methyl sites for hydroxylation is 1. The van der Waals surface area contributed by atoms with E-state index in [1.54, 1.807) is 20.2 Å². The first-order valence-corrected chi connectivity index (χ1v) is 6.04. The van der Waals surface area contributed by atoms with Gasteiger partial charge in [0.15, 0.2) is 0 Å². The van der Waals surface area contributed by atoms with Gasteiger partial charge in [0.2, 0.25) is 0 Å². The average Bonchev–Trinajstić information content (AvgIpc) is 2.45. The molecule has 1 saturated heterocycles. The Morgan fingerprint density at radius 3 is 2.22 bits per heavy atom. The van der Waals surface area contributed by atoms with Gasteiger partial charge in [-0.05, 0) is 34.6 Å². The normalized spacial score (nSPS) is 21.3. The molecule has 0 atom stereocenters. The second-order valence-corrected chi connectivity index (χ2v) is 5.71. The van der Waals surface area contributed by atoms with Crippen LogP contribution in [0.4, 0.5) is 0 Å². The van der Waals surface area contributed by atoms with Gasteiger partial charge in [0, 0.05) is 13.2 Å². The maximum atomic E-state index is 12.2. The smallest absolute Gasteiger partial charge is 0.399 e. The average molecular weight is 250 g/mol. The third-order valence-corrected chi connectivity index (χ3v) is 3.93. The van der Waals surface area contributed by atoms with Gasteiger partial charge in [0.25, 0.3) is 5.56 Å². The maximum absolute atomic E-state index is 12.2. The SMILES string of the molecule is Cc1ncc(B2OC(C)(C)C(C)(C)O2)c(=O)n1C. The highest BCUT2D eigenvalue weighted by molar-refractivity contribution is 6.61. The minimum atomic E-state index is -0.651. The van der Waals surface area contributed by atoms with Crippen LogP contribution in [0.5, 0.6) is 0 Å². The highest BCUT2D eigenvalue weighted by Crippen LogP contribution is 2.36. The number of hydrogen-bond donors (Lipinski definition) is 0. The van der Waals surface area contributed by atoms with Crippen molar-refractivity contribution in [2.45, 2.75) is 45.8 Å². The van der Waals surface area contributed by atoms with E-state index >= 15 is 0 Å². The van der Waals surface area contributed by atoms with Gasteiger partial charge in [-0.2, -0.15) is 0 Å². The molecule has 0 radical (unpaired) electrons. The molecule has 1 aromatic rings. The zero-order valence-electron chi connectivity index (χ0n) is 11.8. The predicted molar refractivity (Wildman–Crippen MR) is 69.9 cm³/mol. The fourth-order valence-electron chi connectivity index (χ4n) is 1.78. The number of aromatic nitrogens is 2. The monoisotopic (exact) mass is 250 g/mol. The lowest BCUT2D eigenvalue weighted by Gasteiger charge is -2.32. The summed E-state index contributed by atoms with van der Waals surface area (Å²) in [5, 5.41) is 0. The van der Waals surface area contributed by atoms with Crippen LogP contribution in [0.25, 0.3) is 0 Å². The molecule has 6 heteroatoms. The Kier molecular flexibility index (Phi) is 2.90. The first-order valence-electron chi connectivity index (χ1n) is 6.04. The summed E-state index contributed by atoms with van der Waals surface area (Å²) in [4.78, 5) is 16.3. The topological polar surface area (TPSA) is 53.4 Å². The van der Waals surface area contributed by atoms with Gasteiger partial charge in [0.05, 0.1) is 16.7 Å². The van der Waals surface area contributed by atoms with Crippen molar-refractivity contribution in [1.29, 1.82) is 0 Å². The van der Waals surface area contributed by atoms with Crippen LogP contribution >= 0.6 is 0 Å². The van der Waals surface area contributed by atoms with Crippen molar-refractivity contribution in [3.05, 3.63) is 22.4 Å². The minimum absolute atomic E-state index is 0.124. The summed E-state index contributed by atoms with van der Waals surface area (Å²) in [6.45, 7) is 9.62.